The Bertz CT molecular complexity index is 812. The van der Waals surface area contributed by atoms with Crippen LogP contribution in [0.3, 0.4) is 0 Å². The molecule has 162 valence electrons. The van der Waals surface area contributed by atoms with Crippen molar-refractivity contribution in [1.29, 1.82) is 0 Å². The summed E-state index contributed by atoms with van der Waals surface area (Å²) in [5.41, 5.74) is 2.05. The zero-order chi connectivity index (χ0) is 21.9. The van der Waals surface area contributed by atoms with Crippen molar-refractivity contribution in [2.75, 3.05) is 19.4 Å². The van der Waals surface area contributed by atoms with Crippen molar-refractivity contribution in [2.24, 2.45) is 0 Å². The van der Waals surface area contributed by atoms with Gasteiger partial charge in [-0.25, -0.2) is 0 Å². The SMILES string of the molecule is CCCNC(=O)[C@H](C)N(Cc1ccc(OC)cc1)C(=O)CSCc1ccc(Cl)cc1. The number of halogens is 1. The van der Waals surface area contributed by atoms with Crippen molar-refractivity contribution in [2.45, 2.75) is 38.6 Å². The van der Waals surface area contributed by atoms with Gasteiger partial charge in [-0.3, -0.25) is 9.59 Å². The van der Waals surface area contributed by atoms with E-state index in [9.17, 15) is 9.59 Å². The Balaban J connectivity index is 2.04. The third-order valence-corrected chi connectivity index (χ3v) is 5.88. The topological polar surface area (TPSA) is 58.6 Å². The fourth-order valence-electron chi connectivity index (χ4n) is 2.83. The van der Waals surface area contributed by atoms with Crippen molar-refractivity contribution in [3.05, 3.63) is 64.7 Å². The third kappa shape index (κ3) is 7.58. The Morgan fingerprint density at radius 1 is 1.10 bits per heavy atom. The quantitative estimate of drug-likeness (QED) is 0.548. The number of hydrogen-bond donors (Lipinski definition) is 1. The highest BCUT2D eigenvalue weighted by Crippen LogP contribution is 2.19. The summed E-state index contributed by atoms with van der Waals surface area (Å²) in [6, 6.07) is 14.6. The van der Waals surface area contributed by atoms with E-state index in [4.69, 9.17) is 16.3 Å². The first-order chi connectivity index (χ1) is 14.4. The van der Waals surface area contributed by atoms with Gasteiger partial charge in [0.05, 0.1) is 12.9 Å². The first-order valence-corrected chi connectivity index (χ1v) is 11.5. The third-order valence-electron chi connectivity index (χ3n) is 4.64. The molecular weight excluding hydrogens is 420 g/mol. The van der Waals surface area contributed by atoms with E-state index >= 15 is 0 Å². The minimum atomic E-state index is -0.553. The van der Waals surface area contributed by atoms with Gasteiger partial charge < -0.3 is 15.0 Å². The smallest absolute Gasteiger partial charge is 0.242 e. The van der Waals surface area contributed by atoms with E-state index in [0.29, 0.717) is 29.6 Å². The maximum Gasteiger partial charge on any atom is 0.242 e. The van der Waals surface area contributed by atoms with Crippen LogP contribution in [0.1, 0.15) is 31.4 Å². The van der Waals surface area contributed by atoms with Gasteiger partial charge >= 0.3 is 0 Å². The average molecular weight is 449 g/mol. The van der Waals surface area contributed by atoms with Crippen LogP contribution in [-0.2, 0) is 21.9 Å². The Morgan fingerprint density at radius 2 is 1.73 bits per heavy atom. The Labute approximate surface area is 188 Å². The molecule has 30 heavy (non-hydrogen) atoms. The predicted molar refractivity (Wildman–Crippen MR) is 124 cm³/mol. The normalized spacial score (nSPS) is 11.6. The second kappa shape index (κ2) is 12.5. The number of methoxy groups -OCH3 is 1. The number of benzene rings is 2. The van der Waals surface area contributed by atoms with Gasteiger partial charge in [0, 0.05) is 23.9 Å². The van der Waals surface area contributed by atoms with E-state index in [0.717, 1.165) is 23.3 Å². The lowest BCUT2D eigenvalue weighted by molar-refractivity contribution is -0.138. The van der Waals surface area contributed by atoms with Crippen LogP contribution >= 0.6 is 23.4 Å². The number of rotatable bonds is 11. The first kappa shape index (κ1) is 24.1. The summed E-state index contributed by atoms with van der Waals surface area (Å²) in [5, 5.41) is 3.58. The molecule has 0 heterocycles. The molecule has 1 atom stereocenters. The maximum absolute atomic E-state index is 13.0. The molecule has 2 amide bonds. The van der Waals surface area contributed by atoms with Crippen LogP contribution in [0.4, 0.5) is 0 Å². The monoisotopic (exact) mass is 448 g/mol. The zero-order valence-corrected chi connectivity index (χ0v) is 19.3. The lowest BCUT2D eigenvalue weighted by Crippen LogP contribution is -2.48. The standard InChI is InChI=1S/C23H29ClN2O3S/c1-4-13-25-23(28)17(2)26(14-18-7-11-21(29-3)12-8-18)22(27)16-30-15-19-5-9-20(24)10-6-19/h5-12,17H,4,13-16H2,1-3H3,(H,25,28)/t17-/m0/s1. The summed E-state index contributed by atoms with van der Waals surface area (Å²) < 4.78 is 5.20. The molecule has 2 aromatic rings. The van der Waals surface area contributed by atoms with Gasteiger partial charge in [0.1, 0.15) is 11.8 Å². The number of amides is 2. The van der Waals surface area contributed by atoms with Gasteiger partial charge in [-0.05, 0) is 48.7 Å². The largest absolute Gasteiger partial charge is 0.497 e. The van der Waals surface area contributed by atoms with Crippen molar-refractivity contribution in [3.63, 3.8) is 0 Å². The van der Waals surface area contributed by atoms with Crippen LogP contribution in [-0.4, -0.2) is 42.2 Å². The summed E-state index contributed by atoms with van der Waals surface area (Å²) in [5.74, 6) is 1.55. The van der Waals surface area contributed by atoms with Crippen LogP contribution in [0.25, 0.3) is 0 Å². The number of ether oxygens (including phenoxy) is 1. The minimum absolute atomic E-state index is 0.0658. The zero-order valence-electron chi connectivity index (χ0n) is 17.7. The fourth-order valence-corrected chi connectivity index (χ4v) is 3.82. The molecule has 0 fully saturated rings. The van der Waals surface area contributed by atoms with Crippen LogP contribution < -0.4 is 10.1 Å². The first-order valence-electron chi connectivity index (χ1n) is 9.97. The van der Waals surface area contributed by atoms with Crippen LogP contribution in [0.2, 0.25) is 5.02 Å². The molecular formula is C23H29ClN2O3S. The van der Waals surface area contributed by atoms with Gasteiger partial charge in [0.2, 0.25) is 11.8 Å². The highest BCUT2D eigenvalue weighted by molar-refractivity contribution is 7.99. The van der Waals surface area contributed by atoms with E-state index in [1.54, 1.807) is 18.9 Å². The predicted octanol–water partition coefficient (Wildman–Crippen LogP) is 4.53. The van der Waals surface area contributed by atoms with Gasteiger partial charge in [0.15, 0.2) is 0 Å². The maximum atomic E-state index is 13.0. The van der Waals surface area contributed by atoms with E-state index in [1.165, 1.54) is 11.8 Å². The molecule has 0 bridgehead atoms. The number of thioether (sulfide) groups is 1. The molecule has 0 unspecified atom stereocenters. The molecule has 0 saturated carbocycles. The summed E-state index contributed by atoms with van der Waals surface area (Å²) >= 11 is 7.45. The molecule has 0 radical (unpaired) electrons. The summed E-state index contributed by atoms with van der Waals surface area (Å²) in [6.07, 6.45) is 0.849. The lowest BCUT2D eigenvalue weighted by Gasteiger charge is -2.28. The van der Waals surface area contributed by atoms with Gasteiger partial charge in [-0.1, -0.05) is 42.8 Å². The molecule has 2 aromatic carbocycles. The second-order valence-electron chi connectivity index (χ2n) is 6.96. The van der Waals surface area contributed by atoms with Gasteiger partial charge in [0.25, 0.3) is 0 Å². The Kier molecular flexibility index (Phi) is 10.0. The van der Waals surface area contributed by atoms with Crippen molar-refractivity contribution in [3.8, 4) is 5.75 Å². The van der Waals surface area contributed by atoms with Gasteiger partial charge in [-0.15, -0.1) is 11.8 Å². The summed E-state index contributed by atoms with van der Waals surface area (Å²) in [4.78, 5) is 27.2. The van der Waals surface area contributed by atoms with E-state index < -0.39 is 6.04 Å². The molecule has 0 aromatic heterocycles. The summed E-state index contributed by atoms with van der Waals surface area (Å²) in [6.45, 7) is 4.74. The number of nitrogens with one attached hydrogen (secondary N) is 1. The number of carbonyl (C=O) groups is 2. The fraction of sp³-hybridized carbons (Fsp3) is 0.391. The molecule has 7 heteroatoms. The summed E-state index contributed by atoms with van der Waals surface area (Å²) in [7, 11) is 1.61. The van der Waals surface area contributed by atoms with Crippen LogP contribution in [0, 0.1) is 0 Å². The van der Waals surface area contributed by atoms with Crippen molar-refractivity contribution >= 4 is 35.2 Å². The molecule has 0 aliphatic heterocycles. The number of carbonyl (C=O) groups excluding carboxylic acids is 2. The second-order valence-corrected chi connectivity index (χ2v) is 8.38. The number of hydrogen-bond acceptors (Lipinski definition) is 4. The molecule has 0 aliphatic rings. The van der Waals surface area contributed by atoms with Crippen molar-refractivity contribution in [1.82, 2.24) is 10.2 Å². The molecule has 5 nitrogen and oxygen atoms in total. The van der Waals surface area contributed by atoms with E-state index in [2.05, 4.69) is 5.32 Å². The number of nitrogens with zero attached hydrogens (tertiary/aromatic N) is 1. The molecule has 2 rings (SSSR count). The molecule has 1 N–H and O–H groups in total. The van der Waals surface area contributed by atoms with E-state index in [-0.39, 0.29) is 11.8 Å². The molecule has 0 saturated heterocycles. The molecule has 0 spiro atoms. The lowest BCUT2D eigenvalue weighted by atomic mass is 10.1. The highest BCUT2D eigenvalue weighted by Gasteiger charge is 2.25. The van der Waals surface area contributed by atoms with Crippen LogP contribution in [0.5, 0.6) is 5.75 Å². The van der Waals surface area contributed by atoms with Crippen LogP contribution in [0.15, 0.2) is 48.5 Å². The Morgan fingerprint density at radius 3 is 2.33 bits per heavy atom. The highest BCUT2D eigenvalue weighted by atomic mass is 35.5. The Hall–Kier alpha value is -2.18. The van der Waals surface area contributed by atoms with Crippen molar-refractivity contribution < 1.29 is 14.3 Å². The van der Waals surface area contributed by atoms with Gasteiger partial charge in [-0.2, -0.15) is 0 Å². The van der Waals surface area contributed by atoms with E-state index in [1.807, 2.05) is 55.5 Å². The molecule has 0 aliphatic carbocycles. The minimum Gasteiger partial charge on any atom is -0.497 e. The average Bonchev–Trinajstić information content (AvgIpc) is 2.77.